The highest BCUT2D eigenvalue weighted by molar-refractivity contribution is 5.92. The van der Waals surface area contributed by atoms with Crippen LogP contribution in [0.5, 0.6) is 5.75 Å². The lowest BCUT2D eigenvalue weighted by molar-refractivity contribution is -0.123. The van der Waals surface area contributed by atoms with Crippen molar-refractivity contribution in [2.45, 2.75) is 39.8 Å². The average Bonchev–Trinajstić information content (AvgIpc) is 2.64. The molecule has 7 nitrogen and oxygen atoms in total. The number of benzene rings is 1. The number of hydrogen-bond donors (Lipinski definition) is 2. The topological polar surface area (TPSA) is 73.9 Å². The number of amides is 3. The van der Waals surface area contributed by atoms with Gasteiger partial charge in [-0.15, -0.1) is 0 Å². The van der Waals surface area contributed by atoms with E-state index < -0.39 is 6.61 Å². The van der Waals surface area contributed by atoms with Gasteiger partial charge < -0.3 is 20.3 Å². The Bertz CT molecular complexity index is 679. The number of anilines is 1. The zero-order valence-electron chi connectivity index (χ0n) is 16.5. The molecule has 1 aromatic rings. The molecule has 1 saturated heterocycles. The maximum absolute atomic E-state index is 12.6. The molecule has 9 heteroatoms. The van der Waals surface area contributed by atoms with Crippen LogP contribution in [0.25, 0.3) is 0 Å². The normalized spacial score (nSPS) is 16.0. The molecule has 0 bridgehead atoms. The number of halogens is 2. The third kappa shape index (κ3) is 6.33. The van der Waals surface area contributed by atoms with Gasteiger partial charge in [-0.3, -0.25) is 9.69 Å². The SMILES string of the molecule is CCC(C)NC(=O)CN1CCN(C(=O)Nc2c(C)cccc2OC(F)F)CC1. The number of rotatable bonds is 7. The van der Waals surface area contributed by atoms with Crippen LogP contribution in [0.2, 0.25) is 0 Å². The fourth-order valence-electron chi connectivity index (χ4n) is 2.92. The molecular weight excluding hydrogens is 370 g/mol. The second-order valence-corrected chi connectivity index (χ2v) is 6.90. The fourth-order valence-corrected chi connectivity index (χ4v) is 2.92. The van der Waals surface area contributed by atoms with Gasteiger partial charge in [-0.25, -0.2) is 4.79 Å². The van der Waals surface area contributed by atoms with E-state index in [0.29, 0.717) is 38.3 Å². The van der Waals surface area contributed by atoms with E-state index >= 15 is 0 Å². The molecule has 1 aromatic carbocycles. The number of hydrogen-bond acceptors (Lipinski definition) is 4. The summed E-state index contributed by atoms with van der Waals surface area (Å²) < 4.78 is 29.7. The molecule has 1 heterocycles. The third-order valence-electron chi connectivity index (χ3n) is 4.73. The number of urea groups is 1. The molecule has 1 aliphatic heterocycles. The molecular formula is C19H28F2N4O3. The van der Waals surface area contributed by atoms with Crippen molar-refractivity contribution in [3.63, 3.8) is 0 Å². The second kappa shape index (κ2) is 10.2. The lowest BCUT2D eigenvalue weighted by atomic mass is 10.2. The summed E-state index contributed by atoms with van der Waals surface area (Å²) in [5.41, 5.74) is 0.870. The van der Waals surface area contributed by atoms with Crippen molar-refractivity contribution in [3.05, 3.63) is 23.8 Å². The van der Waals surface area contributed by atoms with E-state index in [1.54, 1.807) is 24.0 Å². The Morgan fingerprint density at radius 2 is 1.89 bits per heavy atom. The lowest BCUT2D eigenvalue weighted by Gasteiger charge is -2.34. The van der Waals surface area contributed by atoms with Crippen LogP contribution in [0.3, 0.4) is 0 Å². The zero-order chi connectivity index (χ0) is 20.7. The summed E-state index contributed by atoms with van der Waals surface area (Å²) in [5.74, 6) is -0.0929. The predicted molar refractivity (Wildman–Crippen MR) is 103 cm³/mol. The van der Waals surface area contributed by atoms with Crippen molar-refractivity contribution < 1.29 is 23.1 Å². The summed E-state index contributed by atoms with van der Waals surface area (Å²) in [6.45, 7) is 5.02. The van der Waals surface area contributed by atoms with Crippen LogP contribution in [0.4, 0.5) is 19.3 Å². The summed E-state index contributed by atoms with van der Waals surface area (Å²) in [6, 6.07) is 4.45. The van der Waals surface area contributed by atoms with Crippen LogP contribution in [-0.4, -0.2) is 67.1 Å². The molecule has 156 valence electrons. The van der Waals surface area contributed by atoms with E-state index in [-0.39, 0.29) is 29.4 Å². The van der Waals surface area contributed by atoms with Crippen LogP contribution in [0.15, 0.2) is 18.2 Å². The summed E-state index contributed by atoms with van der Waals surface area (Å²) in [6.07, 6.45) is 0.871. The first-order chi connectivity index (χ1) is 13.3. The van der Waals surface area contributed by atoms with Crippen molar-refractivity contribution in [1.82, 2.24) is 15.1 Å². The second-order valence-electron chi connectivity index (χ2n) is 6.90. The predicted octanol–water partition coefficient (Wildman–Crippen LogP) is 2.66. The quantitative estimate of drug-likeness (QED) is 0.741. The molecule has 1 atom stereocenters. The van der Waals surface area contributed by atoms with Gasteiger partial charge >= 0.3 is 12.6 Å². The van der Waals surface area contributed by atoms with Crippen LogP contribution < -0.4 is 15.4 Å². The van der Waals surface area contributed by atoms with Crippen molar-refractivity contribution in [2.75, 3.05) is 38.0 Å². The standard InChI is InChI=1S/C19H28F2N4O3/c1-4-14(3)22-16(26)12-24-8-10-25(11-9-24)19(27)23-17-13(2)6-5-7-15(17)28-18(20)21/h5-7,14,18H,4,8-12H2,1-3H3,(H,22,26)(H,23,27). The maximum atomic E-state index is 12.6. The first kappa shape index (κ1) is 21.9. The van der Waals surface area contributed by atoms with Crippen LogP contribution >= 0.6 is 0 Å². The Hall–Kier alpha value is -2.42. The number of ether oxygens (including phenoxy) is 1. The highest BCUT2D eigenvalue weighted by Gasteiger charge is 2.24. The Morgan fingerprint density at radius 1 is 1.21 bits per heavy atom. The Kier molecular flexibility index (Phi) is 7.98. The maximum Gasteiger partial charge on any atom is 0.387 e. The molecule has 0 saturated carbocycles. The Labute approximate surface area is 164 Å². The lowest BCUT2D eigenvalue weighted by Crippen LogP contribution is -2.52. The van der Waals surface area contributed by atoms with Crippen LogP contribution in [-0.2, 0) is 4.79 Å². The number of piperazine rings is 1. The van der Waals surface area contributed by atoms with Crippen LogP contribution in [0, 0.1) is 6.92 Å². The minimum absolute atomic E-state index is 0.0269. The van der Waals surface area contributed by atoms with Gasteiger partial charge in [-0.05, 0) is 31.9 Å². The van der Waals surface area contributed by atoms with Crippen molar-refractivity contribution in [1.29, 1.82) is 0 Å². The number of carbonyl (C=O) groups excluding carboxylic acids is 2. The highest BCUT2D eigenvalue weighted by atomic mass is 19.3. The fraction of sp³-hybridized carbons (Fsp3) is 0.579. The minimum Gasteiger partial charge on any atom is -0.433 e. The van der Waals surface area contributed by atoms with Crippen molar-refractivity contribution >= 4 is 17.6 Å². The molecule has 2 N–H and O–H groups in total. The molecule has 0 aliphatic carbocycles. The average molecular weight is 398 g/mol. The largest absolute Gasteiger partial charge is 0.433 e. The number of aryl methyl sites for hydroxylation is 1. The van der Waals surface area contributed by atoms with E-state index in [1.807, 2.05) is 18.7 Å². The smallest absolute Gasteiger partial charge is 0.387 e. The van der Waals surface area contributed by atoms with E-state index in [0.717, 1.165) is 6.42 Å². The summed E-state index contributed by atoms with van der Waals surface area (Å²) in [5, 5.41) is 5.60. The van der Waals surface area contributed by atoms with Gasteiger partial charge in [0, 0.05) is 32.2 Å². The number of nitrogens with zero attached hydrogens (tertiary/aromatic N) is 2. The summed E-state index contributed by atoms with van der Waals surface area (Å²) >= 11 is 0. The van der Waals surface area contributed by atoms with E-state index in [4.69, 9.17) is 0 Å². The molecule has 28 heavy (non-hydrogen) atoms. The number of nitrogens with one attached hydrogen (secondary N) is 2. The van der Waals surface area contributed by atoms with Gasteiger partial charge in [0.25, 0.3) is 0 Å². The zero-order valence-corrected chi connectivity index (χ0v) is 16.5. The van der Waals surface area contributed by atoms with Gasteiger partial charge in [0.2, 0.25) is 5.91 Å². The van der Waals surface area contributed by atoms with E-state index in [9.17, 15) is 18.4 Å². The Balaban J connectivity index is 1.88. The molecule has 1 fully saturated rings. The molecule has 1 aliphatic rings. The van der Waals surface area contributed by atoms with E-state index in [2.05, 4.69) is 15.4 Å². The van der Waals surface area contributed by atoms with Gasteiger partial charge in [0.1, 0.15) is 5.75 Å². The van der Waals surface area contributed by atoms with Crippen molar-refractivity contribution in [3.8, 4) is 5.75 Å². The molecule has 1 unspecified atom stereocenters. The molecule has 0 aromatic heterocycles. The van der Waals surface area contributed by atoms with Gasteiger partial charge in [-0.1, -0.05) is 19.1 Å². The van der Waals surface area contributed by atoms with Gasteiger partial charge in [0.05, 0.1) is 12.2 Å². The van der Waals surface area contributed by atoms with Crippen LogP contribution in [0.1, 0.15) is 25.8 Å². The highest BCUT2D eigenvalue weighted by Crippen LogP contribution is 2.29. The third-order valence-corrected chi connectivity index (χ3v) is 4.73. The number of para-hydroxylation sites is 1. The molecule has 0 radical (unpaired) electrons. The number of carbonyl (C=O) groups is 2. The Morgan fingerprint density at radius 3 is 2.50 bits per heavy atom. The molecule has 2 rings (SSSR count). The van der Waals surface area contributed by atoms with Gasteiger partial charge in [0.15, 0.2) is 0 Å². The van der Waals surface area contributed by atoms with E-state index in [1.165, 1.54) is 6.07 Å². The first-order valence-corrected chi connectivity index (χ1v) is 9.42. The van der Waals surface area contributed by atoms with Crippen molar-refractivity contribution in [2.24, 2.45) is 0 Å². The minimum atomic E-state index is -2.97. The monoisotopic (exact) mass is 398 g/mol. The summed E-state index contributed by atoms with van der Waals surface area (Å²) in [4.78, 5) is 28.1. The first-order valence-electron chi connectivity index (χ1n) is 9.42. The number of alkyl halides is 2. The molecule has 0 spiro atoms. The summed E-state index contributed by atoms with van der Waals surface area (Å²) in [7, 11) is 0. The molecule has 3 amide bonds. The van der Waals surface area contributed by atoms with Gasteiger partial charge in [-0.2, -0.15) is 8.78 Å².